The van der Waals surface area contributed by atoms with Gasteiger partial charge in [-0.25, -0.2) is 4.98 Å². The maximum atomic E-state index is 5.74. The highest BCUT2D eigenvalue weighted by atomic mass is 127. The lowest BCUT2D eigenvalue weighted by Gasteiger charge is -2.17. The van der Waals surface area contributed by atoms with Gasteiger partial charge in [0, 0.05) is 32.2 Å². The smallest absolute Gasteiger partial charge is 0.193 e. The summed E-state index contributed by atoms with van der Waals surface area (Å²) in [7, 11) is 0. The molecular formula is C13H12BrIN4S. The molecule has 0 radical (unpaired) electrons. The third kappa shape index (κ3) is 2.91. The molecule has 4 nitrogen and oxygen atoms in total. The van der Waals surface area contributed by atoms with E-state index in [-0.39, 0.29) is 6.04 Å². The second-order valence-corrected chi connectivity index (χ2v) is 7.39. The van der Waals surface area contributed by atoms with Crippen molar-refractivity contribution in [1.29, 1.82) is 0 Å². The molecule has 1 unspecified atom stereocenters. The van der Waals surface area contributed by atoms with Crippen molar-refractivity contribution in [3.05, 3.63) is 55.3 Å². The van der Waals surface area contributed by atoms with Crippen molar-refractivity contribution in [2.24, 2.45) is 5.84 Å². The van der Waals surface area contributed by atoms with E-state index in [2.05, 4.69) is 67.3 Å². The summed E-state index contributed by atoms with van der Waals surface area (Å²) in [6, 6.07) is 6.28. The molecular weight excluding hydrogens is 451 g/mol. The van der Waals surface area contributed by atoms with E-state index >= 15 is 0 Å². The summed E-state index contributed by atoms with van der Waals surface area (Å²) in [5.74, 6) is 5.74. The lowest BCUT2D eigenvalue weighted by molar-refractivity contribution is 0.545. The topological polar surface area (TPSA) is 55.3 Å². The molecule has 1 aromatic carbocycles. The van der Waals surface area contributed by atoms with Crippen molar-refractivity contribution < 1.29 is 0 Å². The van der Waals surface area contributed by atoms with Crippen LogP contribution in [0.15, 0.2) is 40.4 Å². The first-order valence-electron chi connectivity index (χ1n) is 5.99. The predicted octanol–water partition coefficient (Wildman–Crippen LogP) is 3.51. The Morgan fingerprint density at radius 1 is 1.50 bits per heavy atom. The minimum Gasteiger partial charge on any atom is -0.297 e. The molecule has 0 bridgehead atoms. The van der Waals surface area contributed by atoms with Crippen LogP contribution in [0.25, 0.3) is 4.96 Å². The molecule has 3 aromatic rings. The van der Waals surface area contributed by atoms with Gasteiger partial charge in [0.15, 0.2) is 4.96 Å². The van der Waals surface area contributed by atoms with Crippen LogP contribution in [-0.2, 0) is 6.42 Å². The molecule has 0 aliphatic heterocycles. The number of nitrogens with two attached hydrogens (primary N) is 1. The number of nitrogens with one attached hydrogen (secondary N) is 1. The fourth-order valence-electron chi connectivity index (χ4n) is 2.12. The van der Waals surface area contributed by atoms with Gasteiger partial charge in [-0.3, -0.25) is 15.7 Å². The van der Waals surface area contributed by atoms with Crippen LogP contribution in [0.1, 0.15) is 17.3 Å². The number of rotatable bonds is 4. The number of halogens is 2. The quantitative estimate of drug-likeness (QED) is 0.354. The molecule has 0 saturated carbocycles. The molecule has 0 saturated heterocycles. The Kier molecular flexibility index (Phi) is 4.41. The molecule has 2 heterocycles. The summed E-state index contributed by atoms with van der Waals surface area (Å²) in [5.41, 5.74) is 5.07. The number of nitrogens with zero attached hydrogens (tertiary/aromatic N) is 2. The first-order valence-corrected chi connectivity index (χ1v) is 8.74. The van der Waals surface area contributed by atoms with Gasteiger partial charge < -0.3 is 0 Å². The molecule has 0 amide bonds. The Labute approximate surface area is 142 Å². The average Bonchev–Trinajstić information content (AvgIpc) is 3.00. The summed E-state index contributed by atoms with van der Waals surface area (Å²) in [4.78, 5) is 5.62. The van der Waals surface area contributed by atoms with Crippen LogP contribution in [0, 0.1) is 3.57 Å². The Balaban J connectivity index is 1.89. The molecule has 0 aliphatic rings. The van der Waals surface area contributed by atoms with Crippen LogP contribution >= 0.6 is 49.9 Å². The van der Waals surface area contributed by atoms with Gasteiger partial charge in [0.05, 0.1) is 11.7 Å². The monoisotopic (exact) mass is 462 g/mol. The van der Waals surface area contributed by atoms with E-state index in [4.69, 9.17) is 5.84 Å². The van der Waals surface area contributed by atoms with E-state index in [1.807, 2.05) is 22.0 Å². The van der Waals surface area contributed by atoms with Gasteiger partial charge in [-0.15, -0.1) is 11.3 Å². The summed E-state index contributed by atoms with van der Waals surface area (Å²) < 4.78 is 4.28. The molecule has 0 fully saturated rings. The van der Waals surface area contributed by atoms with Crippen LogP contribution in [0.5, 0.6) is 0 Å². The van der Waals surface area contributed by atoms with Crippen molar-refractivity contribution in [2.75, 3.05) is 0 Å². The highest BCUT2D eigenvalue weighted by Crippen LogP contribution is 2.27. The van der Waals surface area contributed by atoms with Gasteiger partial charge in [0.2, 0.25) is 0 Å². The molecule has 104 valence electrons. The van der Waals surface area contributed by atoms with E-state index < -0.39 is 0 Å². The average molecular weight is 463 g/mol. The van der Waals surface area contributed by atoms with Crippen LogP contribution < -0.4 is 11.3 Å². The van der Waals surface area contributed by atoms with Gasteiger partial charge in [-0.1, -0.05) is 15.9 Å². The summed E-state index contributed by atoms with van der Waals surface area (Å²) in [6.07, 6.45) is 4.82. The first kappa shape index (κ1) is 14.5. The van der Waals surface area contributed by atoms with Gasteiger partial charge >= 0.3 is 0 Å². The summed E-state index contributed by atoms with van der Waals surface area (Å²) in [5, 5.41) is 2.03. The van der Waals surface area contributed by atoms with Crippen LogP contribution in [0.4, 0.5) is 0 Å². The molecule has 0 aliphatic carbocycles. The third-order valence-corrected chi connectivity index (χ3v) is 5.25. The zero-order chi connectivity index (χ0) is 14.1. The van der Waals surface area contributed by atoms with Crippen LogP contribution in [0.3, 0.4) is 0 Å². The molecule has 3 N–H and O–H groups in total. The van der Waals surface area contributed by atoms with E-state index in [9.17, 15) is 0 Å². The number of hydrogen-bond acceptors (Lipinski definition) is 4. The lowest BCUT2D eigenvalue weighted by atomic mass is 10.0. The van der Waals surface area contributed by atoms with Gasteiger partial charge in [-0.05, 0) is 46.4 Å². The van der Waals surface area contributed by atoms with Gasteiger partial charge in [0.1, 0.15) is 0 Å². The lowest BCUT2D eigenvalue weighted by Crippen LogP contribution is -2.30. The zero-order valence-electron chi connectivity index (χ0n) is 10.4. The molecule has 1 atom stereocenters. The normalized spacial score (nSPS) is 12.9. The van der Waals surface area contributed by atoms with Gasteiger partial charge in [-0.2, -0.15) is 0 Å². The Hall–Kier alpha value is -0.480. The SMILES string of the molecule is NNC(Cc1cn2ccsc2n1)c1cc(I)ccc1Br. The molecule has 7 heteroatoms. The van der Waals surface area contributed by atoms with Crippen molar-refractivity contribution in [2.45, 2.75) is 12.5 Å². The minimum atomic E-state index is 0.0312. The Morgan fingerprint density at radius 2 is 2.35 bits per heavy atom. The van der Waals surface area contributed by atoms with Crippen LogP contribution in [0.2, 0.25) is 0 Å². The third-order valence-electron chi connectivity index (χ3n) is 3.09. The maximum absolute atomic E-state index is 5.74. The highest BCUT2D eigenvalue weighted by molar-refractivity contribution is 14.1. The van der Waals surface area contributed by atoms with Crippen LogP contribution in [-0.4, -0.2) is 9.38 Å². The highest BCUT2D eigenvalue weighted by Gasteiger charge is 2.16. The van der Waals surface area contributed by atoms with E-state index in [1.54, 1.807) is 11.3 Å². The minimum absolute atomic E-state index is 0.0312. The summed E-state index contributed by atoms with van der Waals surface area (Å²) in [6.45, 7) is 0. The van der Waals surface area contributed by atoms with E-state index in [0.717, 1.165) is 27.1 Å². The number of hydrazine groups is 1. The summed E-state index contributed by atoms with van der Waals surface area (Å²) >= 11 is 7.53. The van der Waals surface area contributed by atoms with E-state index in [0.29, 0.717) is 0 Å². The molecule has 2 aromatic heterocycles. The van der Waals surface area contributed by atoms with Crippen molar-refractivity contribution in [1.82, 2.24) is 14.8 Å². The largest absolute Gasteiger partial charge is 0.297 e. The zero-order valence-corrected chi connectivity index (χ0v) is 14.9. The fraction of sp³-hybridized carbons (Fsp3) is 0.154. The van der Waals surface area contributed by atoms with Crippen molar-refractivity contribution in [3.8, 4) is 0 Å². The number of thiazole rings is 1. The number of hydrogen-bond donors (Lipinski definition) is 2. The predicted molar refractivity (Wildman–Crippen MR) is 93.7 cm³/mol. The molecule has 0 spiro atoms. The van der Waals surface area contributed by atoms with Gasteiger partial charge in [0.25, 0.3) is 0 Å². The standard InChI is InChI=1S/C13H12BrIN4S/c14-11-2-1-8(15)5-10(11)12(18-16)6-9-7-19-3-4-20-13(19)17-9/h1-5,7,12,18H,6,16H2. The molecule has 20 heavy (non-hydrogen) atoms. The second-order valence-electron chi connectivity index (χ2n) is 4.41. The second kappa shape index (κ2) is 6.10. The number of benzene rings is 1. The number of aromatic nitrogens is 2. The molecule has 3 rings (SSSR count). The fourth-order valence-corrected chi connectivity index (χ4v) is 3.88. The van der Waals surface area contributed by atoms with Crippen molar-refractivity contribution in [3.63, 3.8) is 0 Å². The Morgan fingerprint density at radius 3 is 3.10 bits per heavy atom. The number of fused-ring (bicyclic) bond motifs is 1. The maximum Gasteiger partial charge on any atom is 0.193 e. The number of imidazole rings is 1. The van der Waals surface area contributed by atoms with Crippen molar-refractivity contribution >= 4 is 54.8 Å². The first-order chi connectivity index (χ1) is 9.67. The van der Waals surface area contributed by atoms with E-state index in [1.165, 1.54) is 3.57 Å². The Bertz CT molecular complexity index is 710.